The predicted octanol–water partition coefficient (Wildman–Crippen LogP) is 1.04. The van der Waals surface area contributed by atoms with Crippen LogP contribution in [0.1, 0.15) is 25.5 Å². The van der Waals surface area contributed by atoms with Crippen molar-refractivity contribution < 1.29 is 19.2 Å². The maximum atomic E-state index is 12.0. The van der Waals surface area contributed by atoms with Crippen LogP contribution in [0.4, 0.5) is 0 Å². The number of amides is 1. The van der Waals surface area contributed by atoms with Crippen molar-refractivity contribution in [3.63, 3.8) is 0 Å². The van der Waals surface area contributed by atoms with E-state index >= 15 is 0 Å². The molecule has 0 bridgehead atoms. The second-order valence-electron chi connectivity index (χ2n) is 4.84. The van der Waals surface area contributed by atoms with Gasteiger partial charge in [0.15, 0.2) is 0 Å². The number of nitrogens with zero attached hydrogens (tertiary/aromatic N) is 1. The maximum absolute atomic E-state index is 12.0. The first kappa shape index (κ1) is 12.6. The summed E-state index contributed by atoms with van der Waals surface area (Å²) >= 11 is 0. The van der Waals surface area contributed by atoms with E-state index < -0.39 is 17.8 Å². The normalized spacial score (nSPS) is 27.1. The van der Waals surface area contributed by atoms with E-state index in [2.05, 4.69) is 15.0 Å². The lowest BCUT2D eigenvalue weighted by Crippen LogP contribution is -2.35. The Morgan fingerprint density at radius 2 is 2.22 bits per heavy atom. The Balaban J connectivity index is 1.93. The lowest BCUT2D eigenvalue weighted by molar-refractivity contribution is -0.146. The molecule has 0 aromatic carbocycles. The minimum Gasteiger partial charge on any atom is -0.481 e. The smallest absolute Gasteiger partial charge is 0.307 e. The van der Waals surface area contributed by atoms with Crippen molar-refractivity contribution in [3.05, 3.63) is 18.0 Å². The molecule has 0 aliphatic heterocycles. The molecule has 0 radical (unpaired) electrons. The molecule has 2 N–H and O–H groups in total. The first-order valence-corrected chi connectivity index (χ1v) is 5.97. The predicted molar refractivity (Wildman–Crippen MR) is 61.4 cm³/mol. The largest absolute Gasteiger partial charge is 0.481 e. The molecule has 1 aliphatic rings. The van der Waals surface area contributed by atoms with Crippen LogP contribution in [0.2, 0.25) is 0 Å². The van der Waals surface area contributed by atoms with E-state index in [1.54, 1.807) is 6.07 Å². The summed E-state index contributed by atoms with van der Waals surface area (Å²) in [7, 11) is 0. The summed E-state index contributed by atoms with van der Waals surface area (Å²) in [5, 5.41) is 15.5. The first-order chi connectivity index (χ1) is 8.58. The van der Waals surface area contributed by atoms with E-state index in [1.165, 1.54) is 6.26 Å². The monoisotopic (exact) mass is 252 g/mol. The molecule has 2 rings (SSSR count). The molecule has 98 valence electrons. The van der Waals surface area contributed by atoms with Gasteiger partial charge in [0.25, 0.3) is 0 Å². The number of carboxylic acid groups (broad SMARTS) is 1. The third-order valence-electron chi connectivity index (χ3n) is 3.39. The van der Waals surface area contributed by atoms with E-state index in [1.807, 2.05) is 6.92 Å². The van der Waals surface area contributed by atoms with Gasteiger partial charge in [-0.3, -0.25) is 9.59 Å². The highest BCUT2D eigenvalue weighted by atomic mass is 16.5. The van der Waals surface area contributed by atoms with Crippen molar-refractivity contribution in [2.24, 2.45) is 17.8 Å². The van der Waals surface area contributed by atoms with Crippen molar-refractivity contribution in [1.29, 1.82) is 0 Å². The Morgan fingerprint density at radius 3 is 2.83 bits per heavy atom. The number of carboxylic acids is 1. The second kappa shape index (κ2) is 5.20. The molecule has 0 spiro atoms. The van der Waals surface area contributed by atoms with Crippen LogP contribution in [-0.4, -0.2) is 22.1 Å². The average Bonchev–Trinajstić information content (AvgIpc) is 2.94. The molecule has 1 aromatic rings. The van der Waals surface area contributed by atoms with Gasteiger partial charge in [-0.05, 0) is 18.8 Å². The fourth-order valence-corrected chi connectivity index (χ4v) is 2.49. The molecule has 1 saturated carbocycles. The molecule has 6 heteroatoms. The number of rotatable bonds is 4. The Bertz CT molecular complexity index is 429. The number of nitrogens with one attached hydrogen (secondary N) is 1. The quantitative estimate of drug-likeness (QED) is 0.835. The van der Waals surface area contributed by atoms with Crippen molar-refractivity contribution >= 4 is 11.9 Å². The molecule has 1 fully saturated rings. The molecule has 18 heavy (non-hydrogen) atoms. The maximum Gasteiger partial charge on any atom is 0.307 e. The molecular formula is C12H16N2O4. The van der Waals surface area contributed by atoms with E-state index in [4.69, 9.17) is 5.11 Å². The zero-order valence-corrected chi connectivity index (χ0v) is 10.1. The summed E-state index contributed by atoms with van der Waals surface area (Å²) in [5.41, 5.74) is 0.626. The number of hydrogen-bond acceptors (Lipinski definition) is 4. The van der Waals surface area contributed by atoms with Crippen molar-refractivity contribution in [3.8, 4) is 0 Å². The van der Waals surface area contributed by atoms with E-state index in [0.717, 1.165) is 0 Å². The third-order valence-corrected chi connectivity index (χ3v) is 3.39. The molecule has 3 unspecified atom stereocenters. The zero-order chi connectivity index (χ0) is 13.1. The van der Waals surface area contributed by atoms with Crippen LogP contribution in [0, 0.1) is 17.8 Å². The second-order valence-corrected chi connectivity index (χ2v) is 4.84. The van der Waals surface area contributed by atoms with Gasteiger partial charge in [-0.25, -0.2) is 0 Å². The standard InChI is InChI=1S/C12H16N2O4/c1-7-4-9(10(5-7)12(16)17)11(15)13-6-8-2-3-18-14-8/h2-3,7,9-10H,4-6H2,1H3,(H,13,15)(H,16,17). The zero-order valence-electron chi connectivity index (χ0n) is 10.1. The molecular weight excluding hydrogens is 236 g/mol. The molecule has 6 nitrogen and oxygen atoms in total. The number of aromatic nitrogens is 1. The van der Waals surface area contributed by atoms with Crippen LogP contribution >= 0.6 is 0 Å². The van der Waals surface area contributed by atoms with Crippen LogP contribution in [0.25, 0.3) is 0 Å². The Morgan fingerprint density at radius 1 is 1.50 bits per heavy atom. The van der Waals surface area contributed by atoms with Crippen molar-refractivity contribution in [2.45, 2.75) is 26.3 Å². The summed E-state index contributed by atoms with van der Waals surface area (Å²) < 4.78 is 4.65. The van der Waals surface area contributed by atoms with Gasteiger partial charge in [0, 0.05) is 6.07 Å². The summed E-state index contributed by atoms with van der Waals surface area (Å²) in [6, 6.07) is 1.66. The lowest BCUT2D eigenvalue weighted by Gasteiger charge is -2.14. The number of carbonyl (C=O) groups is 2. The summed E-state index contributed by atoms with van der Waals surface area (Å²) in [6.07, 6.45) is 2.62. The first-order valence-electron chi connectivity index (χ1n) is 5.97. The fraction of sp³-hybridized carbons (Fsp3) is 0.583. The van der Waals surface area contributed by atoms with Crippen LogP contribution < -0.4 is 5.32 Å². The highest BCUT2D eigenvalue weighted by Crippen LogP contribution is 2.36. The van der Waals surface area contributed by atoms with Gasteiger partial charge < -0.3 is 14.9 Å². The molecule has 0 saturated heterocycles. The van der Waals surface area contributed by atoms with Gasteiger partial charge in [-0.15, -0.1) is 0 Å². The number of hydrogen-bond donors (Lipinski definition) is 2. The fourth-order valence-electron chi connectivity index (χ4n) is 2.49. The highest BCUT2D eigenvalue weighted by molar-refractivity contribution is 5.85. The minimum absolute atomic E-state index is 0.213. The Kier molecular flexibility index (Phi) is 3.64. The van der Waals surface area contributed by atoms with E-state index in [-0.39, 0.29) is 18.4 Å². The molecule has 1 heterocycles. The molecule has 1 aromatic heterocycles. The van der Waals surface area contributed by atoms with Crippen molar-refractivity contribution in [1.82, 2.24) is 10.5 Å². The Hall–Kier alpha value is -1.85. The SMILES string of the molecule is CC1CC(C(=O)O)C(C(=O)NCc2ccon2)C1. The van der Waals surface area contributed by atoms with Gasteiger partial charge in [0.05, 0.1) is 18.4 Å². The van der Waals surface area contributed by atoms with Crippen molar-refractivity contribution in [2.75, 3.05) is 0 Å². The number of aliphatic carboxylic acids is 1. The van der Waals surface area contributed by atoms with E-state index in [9.17, 15) is 9.59 Å². The molecule has 3 atom stereocenters. The summed E-state index contributed by atoms with van der Waals surface area (Å²) in [5.74, 6) is -1.84. The average molecular weight is 252 g/mol. The Labute approximate surface area is 104 Å². The minimum atomic E-state index is -0.888. The van der Waals surface area contributed by atoms with Gasteiger partial charge in [-0.1, -0.05) is 12.1 Å². The van der Waals surface area contributed by atoms with Gasteiger partial charge in [0.2, 0.25) is 5.91 Å². The van der Waals surface area contributed by atoms with Crippen LogP contribution in [0.3, 0.4) is 0 Å². The van der Waals surface area contributed by atoms with Crippen LogP contribution in [0.15, 0.2) is 16.9 Å². The van der Waals surface area contributed by atoms with Gasteiger partial charge in [0.1, 0.15) is 12.0 Å². The lowest BCUT2D eigenvalue weighted by atomic mass is 9.95. The number of carbonyl (C=O) groups excluding carboxylic acids is 1. The summed E-state index contributed by atoms with van der Waals surface area (Å²) in [4.78, 5) is 23.1. The molecule has 1 aliphatic carbocycles. The third kappa shape index (κ3) is 2.69. The van der Waals surface area contributed by atoms with Gasteiger partial charge in [-0.2, -0.15) is 0 Å². The van der Waals surface area contributed by atoms with E-state index in [0.29, 0.717) is 18.5 Å². The topological polar surface area (TPSA) is 92.4 Å². The summed E-state index contributed by atoms with van der Waals surface area (Å²) in [6.45, 7) is 2.24. The highest BCUT2D eigenvalue weighted by Gasteiger charge is 2.41. The van der Waals surface area contributed by atoms with Gasteiger partial charge >= 0.3 is 5.97 Å². The van der Waals surface area contributed by atoms with Crippen LogP contribution in [0.5, 0.6) is 0 Å². The van der Waals surface area contributed by atoms with Crippen LogP contribution in [-0.2, 0) is 16.1 Å². The molecule has 1 amide bonds.